The Morgan fingerprint density at radius 2 is 1.89 bits per heavy atom. The van der Waals surface area contributed by atoms with Gasteiger partial charge < -0.3 is 20.6 Å². The molecule has 0 heterocycles. The number of rotatable bonds is 9. The highest BCUT2D eigenvalue weighted by Gasteiger charge is 2.16. The summed E-state index contributed by atoms with van der Waals surface area (Å²) in [5.41, 5.74) is 0. The third kappa shape index (κ3) is 7.11. The van der Waals surface area contributed by atoms with Gasteiger partial charge in [-0.3, -0.25) is 0 Å². The zero-order valence-electron chi connectivity index (χ0n) is 11.5. The molecule has 0 aliphatic rings. The normalized spacial score (nSPS) is 12.2. The smallest absolute Gasteiger partial charge is 0.326 e. The third-order valence-electron chi connectivity index (χ3n) is 2.71. The van der Waals surface area contributed by atoms with Crippen molar-refractivity contribution in [3.63, 3.8) is 0 Å². The lowest BCUT2D eigenvalue weighted by molar-refractivity contribution is -0.139. The van der Waals surface area contributed by atoms with E-state index in [4.69, 9.17) is 5.11 Å². The van der Waals surface area contributed by atoms with E-state index in [1.165, 1.54) is 0 Å². The zero-order valence-corrected chi connectivity index (χ0v) is 11.5. The van der Waals surface area contributed by atoms with Gasteiger partial charge in [-0.05, 0) is 25.9 Å². The largest absolute Gasteiger partial charge is 0.480 e. The second-order valence-corrected chi connectivity index (χ2v) is 4.13. The van der Waals surface area contributed by atoms with Crippen LogP contribution in [0.5, 0.6) is 0 Å². The molecular weight excluding hydrogens is 234 g/mol. The van der Waals surface area contributed by atoms with Gasteiger partial charge >= 0.3 is 12.0 Å². The molecular formula is C12H25N3O3. The molecule has 106 valence electrons. The monoisotopic (exact) mass is 259 g/mol. The van der Waals surface area contributed by atoms with Crippen molar-refractivity contribution in [3.05, 3.63) is 0 Å². The van der Waals surface area contributed by atoms with Crippen LogP contribution in [0.2, 0.25) is 0 Å². The SMILES string of the molecule is CCCN(CC)CCNC(=O)NC(CC)C(=O)O. The van der Waals surface area contributed by atoms with Crippen LogP contribution in [-0.2, 0) is 4.79 Å². The van der Waals surface area contributed by atoms with Crippen LogP contribution in [0.1, 0.15) is 33.6 Å². The van der Waals surface area contributed by atoms with Crippen LogP contribution in [0, 0.1) is 0 Å². The van der Waals surface area contributed by atoms with Gasteiger partial charge in [-0.2, -0.15) is 0 Å². The minimum atomic E-state index is -1.01. The molecule has 6 heteroatoms. The Morgan fingerprint density at radius 1 is 1.22 bits per heavy atom. The first-order valence-corrected chi connectivity index (χ1v) is 6.54. The van der Waals surface area contributed by atoms with Gasteiger partial charge in [0.2, 0.25) is 0 Å². The molecule has 0 saturated carbocycles. The number of hydrogen-bond donors (Lipinski definition) is 3. The summed E-state index contributed by atoms with van der Waals surface area (Å²) in [5.74, 6) is -1.01. The molecule has 1 unspecified atom stereocenters. The summed E-state index contributed by atoms with van der Waals surface area (Å²) in [6.07, 6.45) is 1.45. The van der Waals surface area contributed by atoms with E-state index in [2.05, 4.69) is 29.4 Å². The third-order valence-corrected chi connectivity index (χ3v) is 2.71. The molecule has 0 bridgehead atoms. The summed E-state index contributed by atoms with van der Waals surface area (Å²) in [6, 6.07) is -1.24. The van der Waals surface area contributed by atoms with E-state index >= 15 is 0 Å². The van der Waals surface area contributed by atoms with Gasteiger partial charge in [-0.1, -0.05) is 20.8 Å². The Kier molecular flexibility index (Phi) is 9.00. The molecule has 0 radical (unpaired) electrons. The van der Waals surface area contributed by atoms with Crippen LogP contribution in [0.4, 0.5) is 4.79 Å². The molecule has 0 aromatic rings. The predicted molar refractivity (Wildman–Crippen MR) is 70.7 cm³/mol. The van der Waals surface area contributed by atoms with Crippen LogP contribution in [0.15, 0.2) is 0 Å². The molecule has 18 heavy (non-hydrogen) atoms. The molecule has 0 spiro atoms. The Balaban J connectivity index is 3.85. The molecule has 1 atom stereocenters. The molecule has 0 aromatic heterocycles. The highest BCUT2D eigenvalue weighted by molar-refractivity contribution is 5.82. The second kappa shape index (κ2) is 9.70. The average Bonchev–Trinajstić information content (AvgIpc) is 2.34. The number of carbonyl (C=O) groups excluding carboxylic acids is 1. The number of likely N-dealkylation sites (N-methyl/N-ethyl adjacent to an activating group) is 1. The van der Waals surface area contributed by atoms with Crippen molar-refractivity contribution < 1.29 is 14.7 Å². The molecule has 6 nitrogen and oxygen atoms in total. The Hall–Kier alpha value is -1.30. The molecule has 0 aliphatic heterocycles. The first kappa shape index (κ1) is 16.7. The van der Waals surface area contributed by atoms with Crippen molar-refractivity contribution >= 4 is 12.0 Å². The average molecular weight is 259 g/mol. The lowest BCUT2D eigenvalue weighted by atomic mass is 10.2. The lowest BCUT2D eigenvalue weighted by Gasteiger charge is -2.20. The van der Waals surface area contributed by atoms with Crippen molar-refractivity contribution in [2.24, 2.45) is 0 Å². The fraction of sp³-hybridized carbons (Fsp3) is 0.833. The lowest BCUT2D eigenvalue weighted by Crippen LogP contribution is -2.47. The molecule has 0 saturated heterocycles. The fourth-order valence-corrected chi connectivity index (χ4v) is 1.62. The Labute approximate surface area is 109 Å². The Morgan fingerprint density at radius 3 is 2.33 bits per heavy atom. The summed E-state index contributed by atoms with van der Waals surface area (Å²) >= 11 is 0. The first-order chi connectivity index (χ1) is 8.54. The number of carboxylic acids is 1. The number of nitrogens with one attached hydrogen (secondary N) is 2. The highest BCUT2D eigenvalue weighted by atomic mass is 16.4. The van der Waals surface area contributed by atoms with Crippen LogP contribution < -0.4 is 10.6 Å². The van der Waals surface area contributed by atoms with E-state index in [1.807, 2.05) is 0 Å². The van der Waals surface area contributed by atoms with E-state index < -0.39 is 18.0 Å². The first-order valence-electron chi connectivity index (χ1n) is 6.54. The van der Waals surface area contributed by atoms with Gasteiger partial charge in [0.05, 0.1) is 0 Å². The number of urea groups is 1. The van der Waals surface area contributed by atoms with Gasteiger partial charge in [0.15, 0.2) is 0 Å². The van der Waals surface area contributed by atoms with Gasteiger partial charge in [0.25, 0.3) is 0 Å². The predicted octanol–water partition coefficient (Wildman–Crippen LogP) is 0.881. The summed E-state index contributed by atoms with van der Waals surface area (Å²) < 4.78 is 0. The van der Waals surface area contributed by atoms with Crippen molar-refractivity contribution in [2.75, 3.05) is 26.2 Å². The van der Waals surface area contributed by atoms with Gasteiger partial charge in [0.1, 0.15) is 6.04 Å². The maximum absolute atomic E-state index is 11.4. The maximum Gasteiger partial charge on any atom is 0.326 e. The quantitative estimate of drug-likeness (QED) is 0.574. The van der Waals surface area contributed by atoms with Crippen molar-refractivity contribution in [2.45, 2.75) is 39.7 Å². The molecule has 0 aromatic carbocycles. The number of carbonyl (C=O) groups is 2. The summed E-state index contributed by atoms with van der Waals surface area (Å²) in [6.45, 7) is 9.17. The standard InChI is InChI=1S/C12H25N3O3/c1-4-8-15(6-3)9-7-13-12(18)14-10(5-2)11(16)17/h10H,4-9H2,1-3H3,(H,16,17)(H2,13,14,18). The van der Waals surface area contributed by atoms with Crippen LogP contribution >= 0.6 is 0 Å². The maximum atomic E-state index is 11.4. The fourth-order valence-electron chi connectivity index (χ4n) is 1.62. The summed E-state index contributed by atoms with van der Waals surface area (Å²) in [5, 5.41) is 13.9. The molecule has 0 fully saturated rings. The van der Waals surface area contributed by atoms with Gasteiger partial charge in [-0.15, -0.1) is 0 Å². The summed E-state index contributed by atoms with van der Waals surface area (Å²) in [4.78, 5) is 24.4. The number of hydrogen-bond acceptors (Lipinski definition) is 3. The van der Waals surface area contributed by atoms with Crippen LogP contribution in [-0.4, -0.2) is 54.2 Å². The van der Waals surface area contributed by atoms with Crippen molar-refractivity contribution in [1.82, 2.24) is 15.5 Å². The number of amides is 2. The number of nitrogens with zero attached hydrogens (tertiary/aromatic N) is 1. The van der Waals surface area contributed by atoms with E-state index in [-0.39, 0.29) is 0 Å². The van der Waals surface area contributed by atoms with Crippen molar-refractivity contribution in [3.8, 4) is 0 Å². The second-order valence-electron chi connectivity index (χ2n) is 4.13. The van der Waals surface area contributed by atoms with E-state index in [0.29, 0.717) is 13.0 Å². The zero-order chi connectivity index (χ0) is 14.0. The van der Waals surface area contributed by atoms with Crippen LogP contribution in [0.3, 0.4) is 0 Å². The minimum Gasteiger partial charge on any atom is -0.480 e. The van der Waals surface area contributed by atoms with E-state index in [9.17, 15) is 9.59 Å². The highest BCUT2D eigenvalue weighted by Crippen LogP contribution is 1.91. The number of carboxylic acid groups (broad SMARTS) is 1. The molecule has 0 rings (SSSR count). The molecule has 0 aliphatic carbocycles. The Bertz CT molecular complexity index is 259. The van der Waals surface area contributed by atoms with Gasteiger partial charge in [-0.25, -0.2) is 9.59 Å². The number of aliphatic carboxylic acids is 1. The van der Waals surface area contributed by atoms with Gasteiger partial charge in [0, 0.05) is 13.1 Å². The van der Waals surface area contributed by atoms with Crippen LogP contribution in [0.25, 0.3) is 0 Å². The molecule has 2 amide bonds. The topological polar surface area (TPSA) is 81.7 Å². The summed E-state index contributed by atoms with van der Waals surface area (Å²) in [7, 11) is 0. The van der Waals surface area contributed by atoms with E-state index in [1.54, 1.807) is 6.92 Å². The minimum absolute atomic E-state index is 0.375. The van der Waals surface area contributed by atoms with E-state index in [0.717, 1.165) is 26.1 Å². The molecule has 3 N–H and O–H groups in total. The van der Waals surface area contributed by atoms with Crippen molar-refractivity contribution in [1.29, 1.82) is 0 Å².